The number of amides is 1. The summed E-state index contributed by atoms with van der Waals surface area (Å²) >= 11 is 1.94. The van der Waals surface area contributed by atoms with Crippen LogP contribution in [0.3, 0.4) is 0 Å². The predicted octanol–water partition coefficient (Wildman–Crippen LogP) is 2.65. The molecule has 1 N–H and O–H groups in total. The van der Waals surface area contributed by atoms with E-state index in [9.17, 15) is 4.79 Å². The summed E-state index contributed by atoms with van der Waals surface area (Å²) in [7, 11) is 0. The van der Waals surface area contributed by atoms with Crippen LogP contribution in [0.25, 0.3) is 0 Å². The van der Waals surface area contributed by atoms with E-state index in [2.05, 4.69) is 10.2 Å². The van der Waals surface area contributed by atoms with Crippen LogP contribution < -0.4 is 5.32 Å². The average molecular weight is 308 g/mol. The van der Waals surface area contributed by atoms with E-state index >= 15 is 0 Å². The fourth-order valence-corrected chi connectivity index (χ4v) is 4.24. The van der Waals surface area contributed by atoms with E-state index in [1.807, 2.05) is 23.9 Å². The van der Waals surface area contributed by atoms with Crippen molar-refractivity contribution in [2.75, 3.05) is 18.1 Å². The molecule has 2 aliphatic rings. The minimum atomic E-state index is 0.276. The number of carbonyl (C=O) groups is 1. The first kappa shape index (κ1) is 15.0. The topological polar surface area (TPSA) is 45.5 Å². The lowest BCUT2D eigenvalue weighted by molar-refractivity contribution is -0.134. The summed E-state index contributed by atoms with van der Waals surface area (Å²) in [6.45, 7) is 1.64. The first-order valence-electron chi connectivity index (χ1n) is 7.96. The predicted molar refractivity (Wildman–Crippen MR) is 85.2 cm³/mol. The zero-order valence-electron chi connectivity index (χ0n) is 12.4. The summed E-state index contributed by atoms with van der Waals surface area (Å²) in [6.07, 6.45) is 7.06. The van der Waals surface area contributed by atoms with Gasteiger partial charge in [-0.2, -0.15) is 11.8 Å². The largest absolute Gasteiger partial charge is 0.467 e. The molecule has 21 heavy (non-hydrogen) atoms. The van der Waals surface area contributed by atoms with Crippen LogP contribution in [0, 0.1) is 0 Å². The maximum Gasteiger partial charge on any atom is 0.224 e. The SMILES string of the molecule is O=C(CC1CSCCN1)N(Cc1ccco1)C1CCCC1. The summed E-state index contributed by atoms with van der Waals surface area (Å²) in [6, 6.07) is 4.59. The Morgan fingerprint density at radius 1 is 1.43 bits per heavy atom. The van der Waals surface area contributed by atoms with Gasteiger partial charge in [0.2, 0.25) is 5.91 Å². The Kier molecular flexibility index (Phi) is 5.25. The van der Waals surface area contributed by atoms with Crippen LogP contribution in [0.4, 0.5) is 0 Å². The van der Waals surface area contributed by atoms with E-state index in [1.54, 1.807) is 6.26 Å². The molecule has 0 aromatic carbocycles. The van der Waals surface area contributed by atoms with Crippen LogP contribution in [-0.2, 0) is 11.3 Å². The van der Waals surface area contributed by atoms with Gasteiger partial charge in [-0.05, 0) is 25.0 Å². The number of nitrogens with zero attached hydrogens (tertiary/aromatic N) is 1. The third-order valence-corrected chi connectivity index (χ3v) is 5.54. The fraction of sp³-hybridized carbons (Fsp3) is 0.688. The van der Waals surface area contributed by atoms with Crippen LogP contribution in [0.15, 0.2) is 22.8 Å². The summed E-state index contributed by atoms with van der Waals surface area (Å²) < 4.78 is 5.45. The molecule has 5 heteroatoms. The second-order valence-electron chi connectivity index (χ2n) is 5.97. The quantitative estimate of drug-likeness (QED) is 0.908. The molecule has 116 valence electrons. The Balaban J connectivity index is 1.63. The summed E-state index contributed by atoms with van der Waals surface area (Å²) in [5.41, 5.74) is 0. The summed E-state index contributed by atoms with van der Waals surface area (Å²) in [5, 5.41) is 3.46. The standard InChI is InChI=1S/C16H24N2O2S/c19-16(10-13-12-21-9-7-17-13)18(14-4-1-2-5-14)11-15-6-3-8-20-15/h3,6,8,13-14,17H,1-2,4-5,7,9-12H2. The number of hydrogen-bond donors (Lipinski definition) is 1. The highest BCUT2D eigenvalue weighted by Crippen LogP contribution is 2.26. The highest BCUT2D eigenvalue weighted by atomic mass is 32.2. The molecule has 2 fully saturated rings. The van der Waals surface area contributed by atoms with E-state index in [1.165, 1.54) is 12.8 Å². The van der Waals surface area contributed by atoms with Gasteiger partial charge in [-0.25, -0.2) is 0 Å². The van der Waals surface area contributed by atoms with Crippen LogP contribution in [0.2, 0.25) is 0 Å². The molecule has 1 aromatic rings. The fourth-order valence-electron chi connectivity index (χ4n) is 3.29. The highest BCUT2D eigenvalue weighted by molar-refractivity contribution is 7.99. The van der Waals surface area contributed by atoms with Gasteiger partial charge in [0.15, 0.2) is 0 Å². The molecule has 0 spiro atoms. The Labute approximate surface area is 130 Å². The minimum absolute atomic E-state index is 0.276. The van der Waals surface area contributed by atoms with E-state index < -0.39 is 0 Å². The third kappa shape index (κ3) is 4.04. The molecule has 1 saturated carbocycles. The number of carbonyl (C=O) groups excluding carboxylic acids is 1. The van der Waals surface area contributed by atoms with Crippen LogP contribution in [0.1, 0.15) is 37.9 Å². The Morgan fingerprint density at radius 3 is 2.95 bits per heavy atom. The molecule has 1 saturated heterocycles. The molecule has 1 atom stereocenters. The number of furan rings is 1. The second-order valence-corrected chi connectivity index (χ2v) is 7.12. The molecule has 1 unspecified atom stereocenters. The zero-order chi connectivity index (χ0) is 14.5. The van der Waals surface area contributed by atoms with Crippen LogP contribution >= 0.6 is 11.8 Å². The van der Waals surface area contributed by atoms with Gasteiger partial charge >= 0.3 is 0 Å². The lowest BCUT2D eigenvalue weighted by Gasteiger charge is -2.31. The zero-order valence-corrected chi connectivity index (χ0v) is 13.2. The summed E-state index contributed by atoms with van der Waals surface area (Å²) in [5.74, 6) is 3.37. The highest BCUT2D eigenvalue weighted by Gasteiger charge is 2.29. The maximum absolute atomic E-state index is 12.8. The van der Waals surface area contributed by atoms with Crippen molar-refractivity contribution in [2.45, 2.75) is 50.7 Å². The first-order chi connectivity index (χ1) is 10.3. The van der Waals surface area contributed by atoms with Gasteiger partial charge in [-0.3, -0.25) is 4.79 Å². The Bertz CT molecular complexity index is 437. The first-order valence-corrected chi connectivity index (χ1v) is 9.11. The van der Waals surface area contributed by atoms with Gasteiger partial charge in [0.1, 0.15) is 5.76 Å². The van der Waals surface area contributed by atoms with Crippen molar-refractivity contribution in [3.8, 4) is 0 Å². The molecule has 3 rings (SSSR count). The second kappa shape index (κ2) is 7.36. The molecular weight excluding hydrogens is 284 g/mol. The Morgan fingerprint density at radius 2 is 2.29 bits per heavy atom. The lowest BCUT2D eigenvalue weighted by Crippen LogP contribution is -2.45. The van der Waals surface area contributed by atoms with Gasteiger partial charge < -0.3 is 14.6 Å². The monoisotopic (exact) mass is 308 g/mol. The lowest BCUT2D eigenvalue weighted by atomic mass is 10.1. The molecule has 1 aromatic heterocycles. The van der Waals surface area contributed by atoms with Gasteiger partial charge in [0.25, 0.3) is 0 Å². The van der Waals surface area contributed by atoms with E-state index in [4.69, 9.17) is 4.42 Å². The van der Waals surface area contributed by atoms with E-state index in [0.29, 0.717) is 25.0 Å². The third-order valence-electron chi connectivity index (χ3n) is 4.41. The number of thioether (sulfide) groups is 1. The van der Waals surface area contributed by atoms with Gasteiger partial charge in [-0.15, -0.1) is 0 Å². The van der Waals surface area contributed by atoms with E-state index in [0.717, 1.165) is 36.7 Å². The number of nitrogens with one attached hydrogen (secondary N) is 1. The smallest absolute Gasteiger partial charge is 0.224 e. The van der Waals surface area contributed by atoms with Gasteiger partial charge in [0.05, 0.1) is 12.8 Å². The molecule has 1 aliphatic heterocycles. The summed E-state index contributed by atoms with van der Waals surface area (Å²) in [4.78, 5) is 14.8. The van der Waals surface area contributed by atoms with Gasteiger partial charge in [0, 0.05) is 36.6 Å². The molecular formula is C16H24N2O2S. The number of hydrogen-bond acceptors (Lipinski definition) is 4. The van der Waals surface area contributed by atoms with Crippen molar-refractivity contribution in [2.24, 2.45) is 0 Å². The normalized spacial score (nSPS) is 23.3. The minimum Gasteiger partial charge on any atom is -0.467 e. The van der Waals surface area contributed by atoms with Crippen molar-refractivity contribution in [3.63, 3.8) is 0 Å². The maximum atomic E-state index is 12.8. The molecule has 0 bridgehead atoms. The van der Waals surface area contributed by atoms with Crippen molar-refractivity contribution in [1.82, 2.24) is 10.2 Å². The number of rotatable bonds is 5. The molecule has 1 amide bonds. The Hall–Kier alpha value is -0.940. The van der Waals surface area contributed by atoms with Crippen LogP contribution in [0.5, 0.6) is 0 Å². The van der Waals surface area contributed by atoms with Gasteiger partial charge in [-0.1, -0.05) is 12.8 Å². The van der Waals surface area contributed by atoms with Crippen molar-refractivity contribution >= 4 is 17.7 Å². The molecule has 1 aliphatic carbocycles. The molecule has 4 nitrogen and oxygen atoms in total. The van der Waals surface area contributed by atoms with Crippen molar-refractivity contribution < 1.29 is 9.21 Å². The van der Waals surface area contributed by atoms with Crippen molar-refractivity contribution in [1.29, 1.82) is 0 Å². The van der Waals surface area contributed by atoms with Crippen LogP contribution in [-0.4, -0.2) is 40.9 Å². The van der Waals surface area contributed by atoms with Crippen molar-refractivity contribution in [3.05, 3.63) is 24.2 Å². The average Bonchev–Trinajstić information content (AvgIpc) is 3.19. The van der Waals surface area contributed by atoms with E-state index in [-0.39, 0.29) is 5.91 Å². The molecule has 2 heterocycles. The molecule has 0 radical (unpaired) electrons.